The van der Waals surface area contributed by atoms with Crippen molar-refractivity contribution in [2.45, 2.75) is 19.4 Å². The van der Waals surface area contributed by atoms with E-state index in [1.807, 2.05) is 18.4 Å². The Balaban J connectivity index is 1.80. The number of hydrogen-bond acceptors (Lipinski definition) is 5. The number of imide groups is 1. The average molecular weight is 372 g/mol. The molecule has 1 saturated heterocycles. The molecule has 104 valence electrons. The van der Waals surface area contributed by atoms with Gasteiger partial charge in [-0.25, -0.2) is 9.69 Å². The summed E-state index contributed by atoms with van der Waals surface area (Å²) in [6.07, 6.45) is 0.501. The number of thiophene rings is 1. The van der Waals surface area contributed by atoms with Crippen LogP contribution in [0.4, 0.5) is 9.80 Å². The number of nitrogens with zero attached hydrogens (tertiary/aromatic N) is 2. The van der Waals surface area contributed by atoms with Gasteiger partial charge in [0.05, 0.1) is 9.48 Å². The number of amides is 3. The van der Waals surface area contributed by atoms with E-state index in [-0.39, 0.29) is 11.9 Å². The molecular weight excluding hydrogens is 362 g/mol. The number of carbonyl (C=O) groups excluding carboxylic acids is 2. The number of aryl methyl sites for hydroxylation is 1. The molecule has 3 rings (SSSR count). The van der Waals surface area contributed by atoms with Crippen LogP contribution in [0.5, 0.6) is 0 Å². The van der Waals surface area contributed by atoms with Gasteiger partial charge in [0.25, 0.3) is 5.91 Å². The highest BCUT2D eigenvalue weighted by atomic mass is 79.9. The van der Waals surface area contributed by atoms with Crippen molar-refractivity contribution < 1.29 is 9.59 Å². The van der Waals surface area contributed by atoms with E-state index < -0.39 is 6.04 Å². The third-order valence-corrected chi connectivity index (χ3v) is 5.34. The topological polar surface area (TPSA) is 62.3 Å². The summed E-state index contributed by atoms with van der Waals surface area (Å²) in [6, 6.07) is 2.82. The van der Waals surface area contributed by atoms with Gasteiger partial charge in [-0.15, -0.1) is 11.3 Å². The molecule has 3 heterocycles. The first-order valence-electron chi connectivity index (χ1n) is 5.85. The summed E-state index contributed by atoms with van der Waals surface area (Å²) < 4.78 is 5.12. The zero-order chi connectivity index (χ0) is 14.3. The van der Waals surface area contributed by atoms with Crippen molar-refractivity contribution in [1.82, 2.24) is 9.69 Å². The van der Waals surface area contributed by atoms with E-state index >= 15 is 0 Å². The first-order valence-corrected chi connectivity index (χ1v) is 8.30. The second-order valence-corrected chi connectivity index (χ2v) is 7.52. The molecule has 0 bridgehead atoms. The smallest absolute Gasteiger partial charge is 0.325 e. The molecular formula is C12H10BrN3O2S2. The molecule has 3 amide bonds. The molecule has 2 aromatic rings. The molecule has 1 fully saturated rings. The van der Waals surface area contributed by atoms with E-state index in [1.54, 1.807) is 17.4 Å². The van der Waals surface area contributed by atoms with Gasteiger partial charge in [-0.05, 0) is 57.5 Å². The van der Waals surface area contributed by atoms with E-state index in [1.165, 1.54) is 4.90 Å². The fourth-order valence-corrected chi connectivity index (χ4v) is 4.01. The Hall–Kier alpha value is -1.25. The summed E-state index contributed by atoms with van der Waals surface area (Å²) >= 11 is 6.11. The fourth-order valence-electron chi connectivity index (χ4n) is 2.02. The minimum atomic E-state index is -0.508. The molecule has 0 radical (unpaired) electrons. The Morgan fingerprint density at radius 1 is 1.45 bits per heavy atom. The van der Waals surface area contributed by atoms with E-state index in [2.05, 4.69) is 25.6 Å². The van der Waals surface area contributed by atoms with Crippen molar-refractivity contribution >= 4 is 55.7 Å². The second-order valence-electron chi connectivity index (χ2n) is 4.45. The number of halogens is 1. The monoisotopic (exact) mass is 371 g/mol. The summed E-state index contributed by atoms with van der Waals surface area (Å²) in [5.41, 5.74) is 1.83. The quantitative estimate of drug-likeness (QED) is 0.843. The molecule has 2 aromatic heterocycles. The molecule has 1 aliphatic rings. The number of rotatable bonds is 3. The average Bonchev–Trinajstić information content (AvgIpc) is 3.04. The number of urea groups is 1. The van der Waals surface area contributed by atoms with Gasteiger partial charge in [-0.1, -0.05) is 0 Å². The van der Waals surface area contributed by atoms with Crippen molar-refractivity contribution in [3.05, 3.63) is 32.6 Å². The number of anilines is 1. The van der Waals surface area contributed by atoms with Crippen LogP contribution in [0.15, 0.2) is 21.3 Å². The van der Waals surface area contributed by atoms with Gasteiger partial charge in [-0.2, -0.15) is 4.37 Å². The first kappa shape index (κ1) is 13.7. The van der Waals surface area contributed by atoms with E-state index in [0.717, 1.165) is 26.6 Å². The zero-order valence-electron chi connectivity index (χ0n) is 10.4. The number of hydrogen-bond donors (Lipinski definition) is 1. The Morgan fingerprint density at radius 3 is 2.85 bits per heavy atom. The molecule has 0 aromatic carbocycles. The normalized spacial score (nSPS) is 18.7. The third-order valence-electron chi connectivity index (χ3n) is 2.92. The molecule has 0 spiro atoms. The van der Waals surface area contributed by atoms with Crippen molar-refractivity contribution in [3.63, 3.8) is 0 Å². The van der Waals surface area contributed by atoms with Gasteiger partial charge in [0.15, 0.2) is 0 Å². The van der Waals surface area contributed by atoms with Crippen LogP contribution in [0.1, 0.15) is 11.3 Å². The Bertz CT molecular complexity index is 682. The summed E-state index contributed by atoms with van der Waals surface area (Å²) in [7, 11) is 0. The molecule has 8 heteroatoms. The SMILES string of the molecule is Cc1cc(N2C(=O)N[C@H](Cc3csc(Br)c3)C2=O)sn1. The van der Waals surface area contributed by atoms with Crippen LogP contribution in [-0.2, 0) is 11.2 Å². The van der Waals surface area contributed by atoms with Crippen LogP contribution >= 0.6 is 38.8 Å². The van der Waals surface area contributed by atoms with Gasteiger partial charge in [0.1, 0.15) is 11.0 Å². The Morgan fingerprint density at radius 2 is 2.25 bits per heavy atom. The second kappa shape index (κ2) is 5.27. The molecule has 20 heavy (non-hydrogen) atoms. The summed E-state index contributed by atoms with van der Waals surface area (Å²) in [4.78, 5) is 25.5. The number of nitrogens with one attached hydrogen (secondary N) is 1. The van der Waals surface area contributed by atoms with Gasteiger partial charge in [0, 0.05) is 6.42 Å². The maximum absolute atomic E-state index is 12.3. The predicted octanol–water partition coefficient (Wildman–Crippen LogP) is 2.94. The van der Waals surface area contributed by atoms with Crippen LogP contribution in [0.3, 0.4) is 0 Å². The van der Waals surface area contributed by atoms with E-state index in [4.69, 9.17) is 0 Å². The fraction of sp³-hybridized carbons (Fsp3) is 0.250. The molecule has 1 atom stereocenters. The van der Waals surface area contributed by atoms with Gasteiger partial charge < -0.3 is 5.32 Å². The molecule has 0 unspecified atom stereocenters. The van der Waals surface area contributed by atoms with Crippen molar-refractivity contribution in [2.75, 3.05) is 4.90 Å². The van der Waals surface area contributed by atoms with Gasteiger partial charge in [-0.3, -0.25) is 4.79 Å². The highest BCUT2D eigenvalue weighted by molar-refractivity contribution is 9.11. The standard InChI is InChI=1S/C12H10BrN3O2S2/c1-6-2-10(20-15-6)16-11(17)8(14-12(16)18)3-7-4-9(13)19-5-7/h2,4-5,8H,3H2,1H3,(H,14,18)/t8-/m1/s1. The van der Waals surface area contributed by atoms with E-state index in [9.17, 15) is 9.59 Å². The van der Waals surface area contributed by atoms with Crippen LogP contribution in [0.25, 0.3) is 0 Å². The molecule has 0 saturated carbocycles. The van der Waals surface area contributed by atoms with Crippen LogP contribution in [-0.4, -0.2) is 22.4 Å². The maximum atomic E-state index is 12.3. The summed E-state index contributed by atoms with van der Waals surface area (Å²) in [5, 5.41) is 5.27. The van der Waals surface area contributed by atoms with Crippen molar-refractivity contribution in [2.24, 2.45) is 0 Å². The maximum Gasteiger partial charge on any atom is 0.330 e. The molecule has 1 aliphatic heterocycles. The van der Waals surface area contributed by atoms with Crippen molar-refractivity contribution in [1.29, 1.82) is 0 Å². The first-order chi connectivity index (χ1) is 9.54. The number of aromatic nitrogens is 1. The minimum Gasteiger partial charge on any atom is -0.325 e. The third kappa shape index (κ3) is 2.50. The lowest BCUT2D eigenvalue weighted by atomic mass is 10.1. The summed E-state index contributed by atoms with van der Waals surface area (Å²) in [6.45, 7) is 1.83. The van der Waals surface area contributed by atoms with Gasteiger partial charge >= 0.3 is 6.03 Å². The van der Waals surface area contributed by atoms with Crippen molar-refractivity contribution in [3.8, 4) is 0 Å². The Kier molecular flexibility index (Phi) is 3.61. The predicted molar refractivity (Wildman–Crippen MR) is 82.4 cm³/mol. The lowest BCUT2D eigenvalue weighted by Gasteiger charge is -2.09. The molecule has 1 N–H and O–H groups in total. The highest BCUT2D eigenvalue weighted by Crippen LogP contribution is 2.27. The van der Waals surface area contributed by atoms with Crippen LogP contribution in [0, 0.1) is 6.92 Å². The largest absolute Gasteiger partial charge is 0.330 e. The summed E-state index contributed by atoms with van der Waals surface area (Å²) in [5.74, 6) is -0.221. The van der Waals surface area contributed by atoms with Gasteiger partial charge in [0.2, 0.25) is 0 Å². The van der Waals surface area contributed by atoms with Crippen LogP contribution < -0.4 is 10.2 Å². The van der Waals surface area contributed by atoms with Crippen LogP contribution in [0.2, 0.25) is 0 Å². The minimum absolute atomic E-state index is 0.221. The van der Waals surface area contributed by atoms with E-state index in [0.29, 0.717) is 11.4 Å². The Labute approximate surface area is 131 Å². The molecule has 5 nitrogen and oxygen atoms in total. The molecule has 0 aliphatic carbocycles. The lowest BCUT2D eigenvalue weighted by Crippen LogP contribution is -2.31. The zero-order valence-corrected chi connectivity index (χ0v) is 13.6. The highest BCUT2D eigenvalue weighted by Gasteiger charge is 2.39. The lowest BCUT2D eigenvalue weighted by molar-refractivity contribution is -0.118. The number of carbonyl (C=O) groups is 2.